The Balaban J connectivity index is 1.65. The van der Waals surface area contributed by atoms with Crippen molar-refractivity contribution in [1.29, 1.82) is 0 Å². The minimum absolute atomic E-state index is 0.0617. The molecule has 1 saturated carbocycles. The van der Waals surface area contributed by atoms with E-state index < -0.39 is 10.0 Å². The summed E-state index contributed by atoms with van der Waals surface area (Å²) in [4.78, 5) is 2.32. The molecule has 1 aliphatic carbocycles. The van der Waals surface area contributed by atoms with Crippen LogP contribution in [-0.2, 0) is 14.8 Å². The lowest BCUT2D eigenvalue weighted by Crippen LogP contribution is -2.48. The third kappa shape index (κ3) is 7.08. The van der Waals surface area contributed by atoms with Crippen molar-refractivity contribution in [3.63, 3.8) is 0 Å². The van der Waals surface area contributed by atoms with Crippen LogP contribution in [0.15, 0.2) is 0 Å². The van der Waals surface area contributed by atoms with Gasteiger partial charge in [-0.15, -0.1) is 0 Å². The van der Waals surface area contributed by atoms with Gasteiger partial charge in [-0.3, -0.25) is 4.90 Å². The van der Waals surface area contributed by atoms with Gasteiger partial charge in [0.1, 0.15) is 0 Å². The minimum atomic E-state index is -3.10. The van der Waals surface area contributed by atoms with Crippen molar-refractivity contribution in [2.75, 3.05) is 32.5 Å². The number of sulfonamides is 1. The number of rotatable bonds is 6. The molecule has 0 bridgehead atoms. The SMILES string of the molecule is CS(=O)(=O)NC1CCCN(CCOC2CCCCCC2)C1. The van der Waals surface area contributed by atoms with E-state index in [2.05, 4.69) is 9.62 Å². The summed E-state index contributed by atoms with van der Waals surface area (Å²) in [5, 5.41) is 0. The van der Waals surface area contributed by atoms with Gasteiger partial charge in [0.25, 0.3) is 0 Å². The molecule has 0 aromatic heterocycles. The van der Waals surface area contributed by atoms with E-state index >= 15 is 0 Å². The molecule has 1 atom stereocenters. The second kappa shape index (κ2) is 8.46. The molecule has 1 aliphatic heterocycles. The predicted octanol–water partition coefficient (Wildman–Crippen LogP) is 1.74. The van der Waals surface area contributed by atoms with Crippen LogP contribution < -0.4 is 4.72 Å². The summed E-state index contributed by atoms with van der Waals surface area (Å²) in [5.41, 5.74) is 0. The molecular formula is C15H30N2O3S. The second-order valence-electron chi connectivity index (χ2n) is 6.51. The summed E-state index contributed by atoms with van der Waals surface area (Å²) >= 11 is 0. The maximum Gasteiger partial charge on any atom is 0.208 e. The van der Waals surface area contributed by atoms with Gasteiger partial charge in [0.15, 0.2) is 0 Å². The Morgan fingerprint density at radius 3 is 2.48 bits per heavy atom. The summed E-state index contributed by atoms with van der Waals surface area (Å²) in [6, 6.07) is 0.0617. The van der Waals surface area contributed by atoms with Crippen molar-refractivity contribution in [2.45, 2.75) is 63.5 Å². The van der Waals surface area contributed by atoms with Crippen LogP contribution in [0, 0.1) is 0 Å². The van der Waals surface area contributed by atoms with E-state index in [1.807, 2.05) is 0 Å². The van der Waals surface area contributed by atoms with Crippen LogP contribution in [0.5, 0.6) is 0 Å². The van der Waals surface area contributed by atoms with Crippen LogP contribution in [-0.4, -0.2) is 58.0 Å². The zero-order valence-corrected chi connectivity index (χ0v) is 14.0. The van der Waals surface area contributed by atoms with Crippen molar-refractivity contribution >= 4 is 10.0 Å². The van der Waals surface area contributed by atoms with Crippen molar-refractivity contribution in [1.82, 2.24) is 9.62 Å². The Morgan fingerprint density at radius 1 is 1.10 bits per heavy atom. The number of hydrogen-bond donors (Lipinski definition) is 1. The van der Waals surface area contributed by atoms with Crippen molar-refractivity contribution in [3.8, 4) is 0 Å². The van der Waals surface area contributed by atoms with Crippen molar-refractivity contribution < 1.29 is 13.2 Å². The molecule has 5 nitrogen and oxygen atoms in total. The quantitative estimate of drug-likeness (QED) is 0.758. The lowest BCUT2D eigenvalue weighted by Gasteiger charge is -2.32. The Hall–Kier alpha value is -0.170. The molecule has 2 rings (SSSR count). The molecular weight excluding hydrogens is 288 g/mol. The van der Waals surface area contributed by atoms with Gasteiger partial charge in [0.05, 0.1) is 19.0 Å². The van der Waals surface area contributed by atoms with Gasteiger partial charge in [0, 0.05) is 19.1 Å². The first-order valence-electron chi connectivity index (χ1n) is 8.34. The van der Waals surface area contributed by atoms with Crippen LogP contribution in [0.4, 0.5) is 0 Å². The molecule has 124 valence electrons. The van der Waals surface area contributed by atoms with E-state index in [-0.39, 0.29) is 6.04 Å². The summed E-state index contributed by atoms with van der Waals surface area (Å²) in [5.74, 6) is 0. The maximum absolute atomic E-state index is 11.3. The molecule has 0 amide bonds. The van der Waals surface area contributed by atoms with Crippen LogP contribution in [0.2, 0.25) is 0 Å². The first-order chi connectivity index (χ1) is 10.0. The Labute approximate surface area is 129 Å². The van der Waals surface area contributed by atoms with Crippen molar-refractivity contribution in [2.24, 2.45) is 0 Å². The summed E-state index contributed by atoms with van der Waals surface area (Å²) in [6.07, 6.45) is 11.4. The van der Waals surface area contributed by atoms with Gasteiger partial charge in [-0.1, -0.05) is 25.7 Å². The van der Waals surface area contributed by atoms with Gasteiger partial charge in [-0.25, -0.2) is 13.1 Å². The molecule has 1 heterocycles. The van der Waals surface area contributed by atoms with E-state index in [0.717, 1.165) is 39.1 Å². The molecule has 0 radical (unpaired) electrons. The fraction of sp³-hybridized carbons (Fsp3) is 1.00. The van der Waals surface area contributed by atoms with E-state index in [9.17, 15) is 8.42 Å². The monoisotopic (exact) mass is 318 g/mol. The topological polar surface area (TPSA) is 58.6 Å². The number of nitrogens with zero attached hydrogens (tertiary/aromatic N) is 1. The van der Waals surface area contributed by atoms with E-state index in [4.69, 9.17) is 4.74 Å². The minimum Gasteiger partial charge on any atom is -0.377 e. The molecule has 6 heteroatoms. The zero-order chi connectivity index (χ0) is 15.1. The number of nitrogens with one attached hydrogen (secondary N) is 1. The molecule has 1 unspecified atom stereocenters. The lowest BCUT2D eigenvalue weighted by atomic mass is 10.1. The molecule has 21 heavy (non-hydrogen) atoms. The average Bonchev–Trinajstić information content (AvgIpc) is 2.66. The van der Waals surface area contributed by atoms with Crippen LogP contribution in [0.1, 0.15) is 51.4 Å². The highest BCUT2D eigenvalue weighted by Gasteiger charge is 2.22. The Morgan fingerprint density at radius 2 is 1.81 bits per heavy atom. The first-order valence-corrected chi connectivity index (χ1v) is 10.2. The average molecular weight is 318 g/mol. The van der Waals surface area contributed by atoms with Crippen LogP contribution in [0.3, 0.4) is 0 Å². The Bertz CT molecular complexity index is 392. The highest BCUT2D eigenvalue weighted by atomic mass is 32.2. The van der Waals surface area contributed by atoms with E-state index in [0.29, 0.717) is 6.10 Å². The summed E-state index contributed by atoms with van der Waals surface area (Å²) in [7, 11) is -3.10. The molecule has 0 aromatic rings. The van der Waals surface area contributed by atoms with Crippen LogP contribution in [0.25, 0.3) is 0 Å². The second-order valence-corrected chi connectivity index (χ2v) is 8.29. The van der Waals surface area contributed by atoms with Gasteiger partial charge in [-0.2, -0.15) is 0 Å². The largest absolute Gasteiger partial charge is 0.377 e. The van der Waals surface area contributed by atoms with E-state index in [1.165, 1.54) is 44.8 Å². The van der Waals surface area contributed by atoms with Gasteiger partial charge in [-0.05, 0) is 32.2 Å². The number of piperidine rings is 1. The number of ether oxygens (including phenoxy) is 1. The fourth-order valence-electron chi connectivity index (χ4n) is 3.41. The molecule has 1 saturated heterocycles. The number of likely N-dealkylation sites (tertiary alicyclic amines) is 1. The first kappa shape index (κ1) is 17.2. The van der Waals surface area contributed by atoms with E-state index in [1.54, 1.807) is 0 Å². The standard InChI is InChI=1S/C15H30N2O3S/c1-21(18,19)16-14-7-6-10-17(13-14)11-12-20-15-8-4-2-3-5-9-15/h14-16H,2-13H2,1H3. The maximum atomic E-state index is 11.3. The summed E-state index contributed by atoms with van der Waals surface area (Å²) in [6.45, 7) is 3.55. The van der Waals surface area contributed by atoms with Crippen molar-refractivity contribution in [3.05, 3.63) is 0 Å². The third-order valence-corrected chi connectivity index (χ3v) is 5.21. The zero-order valence-electron chi connectivity index (χ0n) is 13.2. The molecule has 1 N–H and O–H groups in total. The van der Waals surface area contributed by atoms with Gasteiger partial charge >= 0.3 is 0 Å². The highest BCUT2D eigenvalue weighted by molar-refractivity contribution is 7.88. The number of hydrogen-bond acceptors (Lipinski definition) is 4. The molecule has 0 spiro atoms. The smallest absolute Gasteiger partial charge is 0.208 e. The normalized spacial score (nSPS) is 26.6. The molecule has 2 aliphatic rings. The summed E-state index contributed by atoms with van der Waals surface area (Å²) < 4.78 is 31.4. The lowest BCUT2D eigenvalue weighted by molar-refractivity contribution is 0.0247. The van der Waals surface area contributed by atoms with Gasteiger partial charge < -0.3 is 4.74 Å². The van der Waals surface area contributed by atoms with Crippen LogP contribution >= 0.6 is 0 Å². The van der Waals surface area contributed by atoms with Gasteiger partial charge in [0.2, 0.25) is 10.0 Å². The highest BCUT2D eigenvalue weighted by Crippen LogP contribution is 2.20. The molecule has 0 aromatic carbocycles. The molecule has 2 fully saturated rings. The predicted molar refractivity (Wildman–Crippen MR) is 84.9 cm³/mol. The fourth-order valence-corrected chi connectivity index (χ4v) is 4.21. The third-order valence-electron chi connectivity index (χ3n) is 4.45. The Kier molecular flexibility index (Phi) is 6.92.